The molecule has 14 atom stereocenters. The maximum Gasteiger partial charge on any atom is 0.187 e. The van der Waals surface area contributed by atoms with Gasteiger partial charge in [-0.25, -0.2) is 0 Å². The Morgan fingerprint density at radius 3 is 1.78 bits per heavy atom. The molecule has 3 saturated heterocycles. The number of ether oxygens (including phenoxy) is 5. The van der Waals surface area contributed by atoms with Crippen LogP contribution in [0.1, 0.15) is 0 Å². The zero-order valence-electron chi connectivity index (χ0n) is 16.7. The first-order valence-corrected chi connectivity index (χ1v) is 10.00. The molecule has 15 nitrogen and oxygen atoms in total. The van der Waals surface area contributed by atoms with E-state index in [2.05, 4.69) is 0 Å². The van der Waals surface area contributed by atoms with Gasteiger partial charge in [-0.15, -0.1) is 0 Å². The first-order valence-electron chi connectivity index (χ1n) is 10.00. The van der Waals surface area contributed by atoms with Gasteiger partial charge >= 0.3 is 0 Å². The predicted molar refractivity (Wildman–Crippen MR) is 95.2 cm³/mol. The molecule has 32 heavy (non-hydrogen) atoms. The molecular formula is C17H30O15. The van der Waals surface area contributed by atoms with Crippen molar-refractivity contribution in [3.05, 3.63) is 0 Å². The minimum Gasteiger partial charge on any atom is -0.394 e. The Morgan fingerprint density at radius 2 is 1.16 bits per heavy atom. The molecule has 3 aliphatic rings. The van der Waals surface area contributed by atoms with Crippen LogP contribution in [0, 0.1) is 0 Å². The molecule has 3 fully saturated rings. The standard InChI is InChI=1S/C17H30O15/c18-1-5-8(22)10(24)12(26)17(30-5)31-13-9(23)6(2-19)29-15(27)14(13)32-16-11(25)7(21)4(20)3-28-16/h4-27H,1-3H2/t4-,5-,6-,7-,8+,9+,10+,11+,12-,13+,14-,15?,16+,17-/m1/s1. The molecule has 0 bridgehead atoms. The van der Waals surface area contributed by atoms with Crippen LogP contribution in [-0.4, -0.2) is 157 Å². The Bertz CT molecular complexity index is 594. The summed E-state index contributed by atoms with van der Waals surface area (Å²) in [5.41, 5.74) is 0. The number of aliphatic hydroxyl groups is 10. The molecule has 0 aromatic rings. The third-order valence-electron chi connectivity index (χ3n) is 5.70. The monoisotopic (exact) mass is 474 g/mol. The van der Waals surface area contributed by atoms with Gasteiger partial charge in [-0.1, -0.05) is 0 Å². The van der Waals surface area contributed by atoms with Gasteiger partial charge in [0.25, 0.3) is 0 Å². The number of hydrogen-bond acceptors (Lipinski definition) is 15. The lowest BCUT2D eigenvalue weighted by molar-refractivity contribution is -0.382. The zero-order chi connectivity index (χ0) is 23.7. The minimum atomic E-state index is -1.87. The van der Waals surface area contributed by atoms with Crippen molar-refractivity contribution in [2.24, 2.45) is 0 Å². The van der Waals surface area contributed by atoms with E-state index >= 15 is 0 Å². The van der Waals surface area contributed by atoms with Gasteiger partial charge in [0.05, 0.1) is 19.8 Å². The Balaban J connectivity index is 1.80. The lowest BCUT2D eigenvalue weighted by atomic mass is 9.96. The molecule has 15 heteroatoms. The molecule has 0 spiro atoms. The predicted octanol–water partition coefficient (Wildman–Crippen LogP) is -6.93. The fourth-order valence-corrected chi connectivity index (χ4v) is 3.75. The Morgan fingerprint density at radius 1 is 0.594 bits per heavy atom. The van der Waals surface area contributed by atoms with Crippen molar-refractivity contribution >= 4 is 0 Å². The van der Waals surface area contributed by atoms with Gasteiger partial charge in [0, 0.05) is 0 Å². The third kappa shape index (κ3) is 5.07. The minimum absolute atomic E-state index is 0.424. The lowest BCUT2D eigenvalue weighted by Crippen LogP contribution is -2.66. The average Bonchev–Trinajstić information content (AvgIpc) is 2.78. The van der Waals surface area contributed by atoms with Gasteiger partial charge in [0.1, 0.15) is 67.1 Å². The van der Waals surface area contributed by atoms with E-state index in [4.69, 9.17) is 23.7 Å². The summed E-state index contributed by atoms with van der Waals surface area (Å²) in [4.78, 5) is 0. The highest BCUT2D eigenvalue weighted by Crippen LogP contribution is 2.31. The van der Waals surface area contributed by atoms with Crippen LogP contribution in [0.4, 0.5) is 0 Å². The van der Waals surface area contributed by atoms with Crippen LogP contribution in [0.5, 0.6) is 0 Å². The quantitative estimate of drug-likeness (QED) is 0.172. The van der Waals surface area contributed by atoms with E-state index in [9.17, 15) is 51.1 Å². The molecule has 0 aromatic carbocycles. The molecular weight excluding hydrogens is 444 g/mol. The number of rotatable bonds is 6. The summed E-state index contributed by atoms with van der Waals surface area (Å²) in [7, 11) is 0. The summed E-state index contributed by atoms with van der Waals surface area (Å²) >= 11 is 0. The second kappa shape index (κ2) is 10.8. The van der Waals surface area contributed by atoms with E-state index in [0.29, 0.717) is 0 Å². The molecule has 0 aliphatic carbocycles. The highest BCUT2D eigenvalue weighted by Gasteiger charge is 2.52. The van der Waals surface area contributed by atoms with Crippen molar-refractivity contribution in [1.82, 2.24) is 0 Å². The van der Waals surface area contributed by atoms with Gasteiger partial charge < -0.3 is 74.7 Å². The smallest absolute Gasteiger partial charge is 0.187 e. The van der Waals surface area contributed by atoms with Gasteiger partial charge in [-0.3, -0.25) is 0 Å². The van der Waals surface area contributed by atoms with E-state index in [1.165, 1.54) is 0 Å². The summed E-state index contributed by atoms with van der Waals surface area (Å²) in [5.74, 6) is 0. The van der Waals surface area contributed by atoms with Gasteiger partial charge in [-0.05, 0) is 0 Å². The van der Waals surface area contributed by atoms with Crippen LogP contribution in [0.15, 0.2) is 0 Å². The summed E-state index contributed by atoms with van der Waals surface area (Å²) in [6.45, 7) is -1.93. The summed E-state index contributed by atoms with van der Waals surface area (Å²) in [5, 5.41) is 99.2. The van der Waals surface area contributed by atoms with Gasteiger partial charge in [0.15, 0.2) is 18.9 Å². The van der Waals surface area contributed by atoms with Crippen LogP contribution >= 0.6 is 0 Å². The van der Waals surface area contributed by atoms with Crippen LogP contribution in [-0.2, 0) is 23.7 Å². The maximum absolute atomic E-state index is 10.6. The average molecular weight is 474 g/mol. The number of hydrogen-bond donors (Lipinski definition) is 10. The van der Waals surface area contributed by atoms with Crippen molar-refractivity contribution < 1.29 is 74.7 Å². The van der Waals surface area contributed by atoms with E-state index in [1.807, 2.05) is 0 Å². The topological polar surface area (TPSA) is 248 Å². The van der Waals surface area contributed by atoms with E-state index in [0.717, 1.165) is 0 Å². The number of aliphatic hydroxyl groups excluding tert-OH is 10. The fraction of sp³-hybridized carbons (Fsp3) is 1.00. The molecule has 0 saturated carbocycles. The van der Waals surface area contributed by atoms with Crippen LogP contribution < -0.4 is 0 Å². The van der Waals surface area contributed by atoms with Crippen molar-refractivity contribution in [3.8, 4) is 0 Å². The van der Waals surface area contributed by atoms with E-state index in [-0.39, 0.29) is 0 Å². The first kappa shape index (κ1) is 26.0. The maximum atomic E-state index is 10.6. The normalized spacial score (nSPS) is 52.7. The molecule has 3 rings (SSSR count). The molecule has 3 heterocycles. The Labute approximate surface area is 181 Å². The highest BCUT2D eigenvalue weighted by atomic mass is 16.8. The molecule has 0 radical (unpaired) electrons. The molecule has 0 amide bonds. The van der Waals surface area contributed by atoms with Gasteiger partial charge in [0.2, 0.25) is 0 Å². The summed E-state index contributed by atoms with van der Waals surface area (Å²) in [6, 6.07) is 0. The molecule has 188 valence electrons. The first-order chi connectivity index (χ1) is 15.1. The lowest BCUT2D eigenvalue weighted by Gasteiger charge is -2.47. The molecule has 0 aromatic heterocycles. The van der Waals surface area contributed by atoms with Gasteiger partial charge in [-0.2, -0.15) is 0 Å². The SMILES string of the molecule is OC[C@H]1O[C@H](O[C@H]2[C@@H](O)[C@@H](CO)OC(O)[C@@H]2O[C@@H]2OC[C@@H](O)[C@@H](O)[C@@H]2O)[C@H](O)[C@@H](O)[C@H]1O. The molecule has 10 N–H and O–H groups in total. The third-order valence-corrected chi connectivity index (χ3v) is 5.70. The second-order valence-corrected chi connectivity index (χ2v) is 7.89. The largest absolute Gasteiger partial charge is 0.394 e. The Hall–Kier alpha value is -0.600. The molecule has 1 unspecified atom stereocenters. The van der Waals surface area contributed by atoms with Crippen molar-refractivity contribution in [3.63, 3.8) is 0 Å². The summed E-state index contributed by atoms with van der Waals surface area (Å²) in [6.07, 6.45) is -23.0. The Kier molecular flexibility index (Phi) is 8.75. The van der Waals surface area contributed by atoms with E-state index < -0.39 is 106 Å². The van der Waals surface area contributed by atoms with Crippen LogP contribution in [0.2, 0.25) is 0 Å². The van der Waals surface area contributed by atoms with Crippen LogP contribution in [0.25, 0.3) is 0 Å². The highest BCUT2D eigenvalue weighted by molar-refractivity contribution is 4.95. The van der Waals surface area contributed by atoms with Crippen molar-refractivity contribution in [2.75, 3.05) is 19.8 Å². The fourth-order valence-electron chi connectivity index (χ4n) is 3.75. The summed E-state index contributed by atoms with van der Waals surface area (Å²) < 4.78 is 26.4. The van der Waals surface area contributed by atoms with Crippen LogP contribution in [0.3, 0.4) is 0 Å². The zero-order valence-corrected chi connectivity index (χ0v) is 16.7. The van der Waals surface area contributed by atoms with Crippen molar-refractivity contribution in [2.45, 2.75) is 86.0 Å². The van der Waals surface area contributed by atoms with E-state index in [1.54, 1.807) is 0 Å². The molecule has 3 aliphatic heterocycles. The van der Waals surface area contributed by atoms with Crippen molar-refractivity contribution in [1.29, 1.82) is 0 Å². The second-order valence-electron chi connectivity index (χ2n) is 7.89.